The van der Waals surface area contributed by atoms with E-state index in [-0.39, 0.29) is 5.76 Å². The molecule has 1 aromatic heterocycles. The van der Waals surface area contributed by atoms with E-state index < -0.39 is 5.97 Å². The van der Waals surface area contributed by atoms with Crippen LogP contribution in [0.25, 0.3) is 0 Å². The Bertz CT molecular complexity index is 419. The Kier molecular flexibility index (Phi) is 5.65. The zero-order valence-corrected chi connectivity index (χ0v) is 12.5. The Morgan fingerprint density at radius 3 is 2.80 bits per heavy atom. The van der Waals surface area contributed by atoms with Crippen LogP contribution in [0.2, 0.25) is 0 Å². The Balaban J connectivity index is 1.63. The summed E-state index contributed by atoms with van der Waals surface area (Å²) in [6.45, 7) is 4.03. The highest BCUT2D eigenvalue weighted by Gasteiger charge is 2.17. The summed E-state index contributed by atoms with van der Waals surface area (Å²) in [4.78, 5) is 11.3. The number of esters is 1. The zero-order valence-electron chi connectivity index (χ0n) is 12.5. The molecular formula is C16H25NO3. The molecule has 0 radical (unpaired) electrons. The summed E-state index contributed by atoms with van der Waals surface area (Å²) in [5, 5.41) is 3.38. The minimum atomic E-state index is -0.424. The van der Waals surface area contributed by atoms with E-state index in [1.165, 1.54) is 39.2 Å². The largest absolute Gasteiger partial charge is 0.463 e. The maximum absolute atomic E-state index is 11.3. The van der Waals surface area contributed by atoms with Crippen LogP contribution in [0.1, 0.15) is 55.3 Å². The van der Waals surface area contributed by atoms with Crippen LogP contribution >= 0.6 is 0 Å². The molecule has 4 nitrogen and oxygen atoms in total. The van der Waals surface area contributed by atoms with Crippen molar-refractivity contribution in [3.63, 3.8) is 0 Å². The topological polar surface area (TPSA) is 51.5 Å². The molecule has 1 fully saturated rings. The minimum Gasteiger partial charge on any atom is -0.463 e. The summed E-state index contributed by atoms with van der Waals surface area (Å²) in [5.74, 6) is 2.42. The predicted molar refractivity (Wildman–Crippen MR) is 77.5 cm³/mol. The zero-order chi connectivity index (χ0) is 14.4. The molecule has 0 aliphatic heterocycles. The van der Waals surface area contributed by atoms with E-state index in [0.717, 1.165) is 24.1 Å². The third kappa shape index (κ3) is 4.37. The summed E-state index contributed by atoms with van der Waals surface area (Å²) in [7, 11) is 1.35. The minimum absolute atomic E-state index is 0.269. The van der Waals surface area contributed by atoms with Crippen molar-refractivity contribution in [1.29, 1.82) is 0 Å². The van der Waals surface area contributed by atoms with Gasteiger partial charge in [0.15, 0.2) is 0 Å². The van der Waals surface area contributed by atoms with Gasteiger partial charge >= 0.3 is 5.97 Å². The molecule has 1 aliphatic carbocycles. The molecule has 0 atom stereocenters. The fourth-order valence-electron chi connectivity index (χ4n) is 2.82. The molecule has 2 rings (SSSR count). The molecule has 4 heteroatoms. The van der Waals surface area contributed by atoms with E-state index in [0.29, 0.717) is 6.54 Å². The van der Waals surface area contributed by atoms with Crippen LogP contribution in [-0.4, -0.2) is 19.6 Å². The molecule has 20 heavy (non-hydrogen) atoms. The lowest BCUT2D eigenvalue weighted by molar-refractivity contribution is 0.0563. The maximum atomic E-state index is 11.3. The second-order valence-electron chi connectivity index (χ2n) is 5.85. The summed E-state index contributed by atoms with van der Waals surface area (Å²) >= 11 is 0. The molecule has 1 N–H and O–H groups in total. The molecule has 0 saturated heterocycles. The lowest BCUT2D eigenvalue weighted by atomic mass is 9.81. The Hall–Kier alpha value is -1.29. The van der Waals surface area contributed by atoms with Gasteiger partial charge in [0.2, 0.25) is 5.76 Å². The van der Waals surface area contributed by atoms with Gasteiger partial charge in [-0.25, -0.2) is 4.79 Å². The standard InChI is InChI=1S/C16H25NO3/c1-12-3-5-13(6-4-12)9-10-17-11-14-7-8-15(20-14)16(18)19-2/h7-8,12-13,17H,3-6,9-11H2,1-2H3. The fraction of sp³-hybridized carbons (Fsp3) is 0.688. The third-order valence-electron chi connectivity index (χ3n) is 4.21. The van der Waals surface area contributed by atoms with Gasteiger partial charge in [-0.05, 0) is 36.9 Å². The van der Waals surface area contributed by atoms with E-state index in [2.05, 4.69) is 17.0 Å². The molecule has 1 heterocycles. The molecule has 1 saturated carbocycles. The highest BCUT2D eigenvalue weighted by atomic mass is 16.5. The van der Waals surface area contributed by atoms with E-state index >= 15 is 0 Å². The van der Waals surface area contributed by atoms with E-state index in [9.17, 15) is 4.79 Å². The highest BCUT2D eigenvalue weighted by molar-refractivity contribution is 5.86. The van der Waals surface area contributed by atoms with Gasteiger partial charge in [-0.15, -0.1) is 0 Å². The van der Waals surface area contributed by atoms with Gasteiger partial charge in [0.05, 0.1) is 13.7 Å². The monoisotopic (exact) mass is 279 g/mol. The number of hydrogen-bond donors (Lipinski definition) is 1. The van der Waals surface area contributed by atoms with Crippen molar-refractivity contribution in [3.8, 4) is 0 Å². The molecule has 1 aliphatic rings. The smallest absolute Gasteiger partial charge is 0.373 e. The van der Waals surface area contributed by atoms with Gasteiger partial charge in [-0.1, -0.05) is 32.6 Å². The molecule has 0 spiro atoms. The number of methoxy groups -OCH3 is 1. The third-order valence-corrected chi connectivity index (χ3v) is 4.21. The van der Waals surface area contributed by atoms with Crippen LogP contribution in [0.3, 0.4) is 0 Å². The van der Waals surface area contributed by atoms with E-state index in [1.54, 1.807) is 6.07 Å². The van der Waals surface area contributed by atoms with Crippen molar-refractivity contribution < 1.29 is 13.9 Å². The van der Waals surface area contributed by atoms with Crippen LogP contribution in [0, 0.1) is 11.8 Å². The van der Waals surface area contributed by atoms with Gasteiger partial charge in [-0.2, -0.15) is 0 Å². The first kappa shape index (κ1) is 15.1. The molecule has 0 amide bonds. The average molecular weight is 279 g/mol. The lowest BCUT2D eigenvalue weighted by Crippen LogP contribution is -2.20. The van der Waals surface area contributed by atoms with Crippen LogP contribution in [0.5, 0.6) is 0 Å². The van der Waals surface area contributed by atoms with Crippen molar-refractivity contribution in [2.45, 2.75) is 45.6 Å². The molecule has 0 aromatic carbocycles. The Morgan fingerprint density at radius 2 is 2.10 bits per heavy atom. The van der Waals surface area contributed by atoms with Crippen LogP contribution in [0.4, 0.5) is 0 Å². The van der Waals surface area contributed by atoms with Gasteiger partial charge in [0, 0.05) is 0 Å². The number of nitrogens with one attached hydrogen (secondary N) is 1. The molecule has 0 bridgehead atoms. The first-order valence-electron chi connectivity index (χ1n) is 7.56. The predicted octanol–water partition coefficient (Wildman–Crippen LogP) is 3.37. The molecular weight excluding hydrogens is 254 g/mol. The summed E-state index contributed by atoms with van der Waals surface area (Å²) in [6.07, 6.45) is 6.74. The van der Waals surface area contributed by atoms with Crippen molar-refractivity contribution in [2.75, 3.05) is 13.7 Å². The lowest BCUT2D eigenvalue weighted by Gasteiger charge is -2.26. The highest BCUT2D eigenvalue weighted by Crippen LogP contribution is 2.29. The fourth-order valence-corrected chi connectivity index (χ4v) is 2.82. The molecule has 112 valence electrons. The normalized spacial score (nSPS) is 22.7. The second kappa shape index (κ2) is 7.48. The number of rotatable bonds is 6. The van der Waals surface area contributed by atoms with Crippen LogP contribution in [0.15, 0.2) is 16.5 Å². The molecule has 1 aromatic rings. The number of furan rings is 1. The van der Waals surface area contributed by atoms with Crippen molar-refractivity contribution in [1.82, 2.24) is 5.32 Å². The van der Waals surface area contributed by atoms with Crippen molar-refractivity contribution in [2.24, 2.45) is 11.8 Å². The molecule has 0 unspecified atom stereocenters. The number of ether oxygens (including phenoxy) is 1. The summed E-state index contributed by atoms with van der Waals surface area (Å²) in [6, 6.07) is 3.48. The van der Waals surface area contributed by atoms with Crippen molar-refractivity contribution >= 4 is 5.97 Å². The Morgan fingerprint density at radius 1 is 1.35 bits per heavy atom. The average Bonchev–Trinajstić information content (AvgIpc) is 2.93. The summed E-state index contributed by atoms with van der Waals surface area (Å²) in [5.41, 5.74) is 0. The van der Waals surface area contributed by atoms with Crippen LogP contribution < -0.4 is 5.32 Å². The number of carbonyl (C=O) groups is 1. The second-order valence-corrected chi connectivity index (χ2v) is 5.85. The van der Waals surface area contributed by atoms with E-state index in [4.69, 9.17) is 4.42 Å². The summed E-state index contributed by atoms with van der Waals surface area (Å²) < 4.78 is 10.0. The van der Waals surface area contributed by atoms with Gasteiger partial charge in [0.25, 0.3) is 0 Å². The SMILES string of the molecule is COC(=O)c1ccc(CNCCC2CCC(C)CC2)o1. The first-order valence-corrected chi connectivity index (χ1v) is 7.56. The van der Waals surface area contributed by atoms with Gasteiger partial charge in [0.1, 0.15) is 5.76 Å². The van der Waals surface area contributed by atoms with Gasteiger partial charge < -0.3 is 14.5 Å². The van der Waals surface area contributed by atoms with Gasteiger partial charge in [-0.3, -0.25) is 0 Å². The number of carbonyl (C=O) groups excluding carboxylic acids is 1. The number of hydrogen-bond acceptors (Lipinski definition) is 4. The van der Waals surface area contributed by atoms with E-state index in [1.807, 2.05) is 6.07 Å². The Labute approximate surface area is 120 Å². The maximum Gasteiger partial charge on any atom is 0.373 e. The quantitative estimate of drug-likeness (QED) is 0.640. The van der Waals surface area contributed by atoms with Crippen molar-refractivity contribution in [3.05, 3.63) is 23.7 Å². The van der Waals surface area contributed by atoms with Crippen LogP contribution in [-0.2, 0) is 11.3 Å². The first-order chi connectivity index (χ1) is 9.69.